The lowest BCUT2D eigenvalue weighted by Crippen LogP contribution is -2.45. The highest BCUT2D eigenvalue weighted by molar-refractivity contribution is 7.92. The Morgan fingerprint density at radius 1 is 1.29 bits per heavy atom. The molecule has 0 aromatic rings. The minimum absolute atomic E-state index is 0.0382. The Balaban J connectivity index is 2.62. The highest BCUT2D eigenvalue weighted by atomic mass is 32.2. The lowest BCUT2D eigenvalue weighted by atomic mass is 10.0. The van der Waals surface area contributed by atoms with E-state index in [-0.39, 0.29) is 6.04 Å². The normalized spacial score (nSPS) is 21.2. The highest BCUT2D eigenvalue weighted by Crippen LogP contribution is 2.16. The summed E-state index contributed by atoms with van der Waals surface area (Å²) in [6, 6.07) is 0.0382. The van der Waals surface area contributed by atoms with Gasteiger partial charge in [-0.25, -0.2) is 8.42 Å². The summed E-state index contributed by atoms with van der Waals surface area (Å²) in [5.74, 6) is -3.60. The Morgan fingerprint density at radius 2 is 1.94 bits per heavy atom. The quantitative estimate of drug-likeness (QED) is 0.764. The van der Waals surface area contributed by atoms with Gasteiger partial charge in [0, 0.05) is 12.6 Å². The van der Waals surface area contributed by atoms with Crippen molar-refractivity contribution in [1.82, 2.24) is 4.90 Å². The number of amides is 1. The maximum absolute atomic E-state index is 11.8. The fourth-order valence-corrected chi connectivity index (χ4v) is 3.00. The van der Waals surface area contributed by atoms with Gasteiger partial charge in [0.1, 0.15) is 11.5 Å². The van der Waals surface area contributed by atoms with Crippen LogP contribution in [0.5, 0.6) is 0 Å². The SMILES string of the molecule is CC1CCCCN1C(=O)CS(=O)(=O)CC(=O)O. The number of hydrogen-bond donors (Lipinski definition) is 1. The van der Waals surface area contributed by atoms with Gasteiger partial charge in [-0.3, -0.25) is 9.59 Å². The smallest absolute Gasteiger partial charge is 0.318 e. The predicted molar refractivity (Wildman–Crippen MR) is 61.3 cm³/mol. The monoisotopic (exact) mass is 263 g/mol. The van der Waals surface area contributed by atoms with Crippen molar-refractivity contribution in [2.75, 3.05) is 18.1 Å². The van der Waals surface area contributed by atoms with E-state index in [1.165, 1.54) is 4.90 Å². The largest absolute Gasteiger partial charge is 0.480 e. The lowest BCUT2D eigenvalue weighted by molar-refractivity contribution is -0.134. The number of piperidine rings is 1. The zero-order valence-electron chi connectivity index (χ0n) is 9.76. The maximum atomic E-state index is 11.8. The van der Waals surface area contributed by atoms with Crippen LogP contribution < -0.4 is 0 Å². The second kappa shape index (κ2) is 5.48. The van der Waals surface area contributed by atoms with Gasteiger partial charge in [0.15, 0.2) is 9.84 Å². The van der Waals surface area contributed by atoms with Gasteiger partial charge < -0.3 is 10.0 Å². The average molecular weight is 263 g/mol. The summed E-state index contributed by atoms with van der Waals surface area (Å²) >= 11 is 0. The van der Waals surface area contributed by atoms with Crippen LogP contribution >= 0.6 is 0 Å². The van der Waals surface area contributed by atoms with E-state index in [1.807, 2.05) is 6.92 Å². The second-order valence-electron chi connectivity index (χ2n) is 4.36. The van der Waals surface area contributed by atoms with Crippen LogP contribution in [0.15, 0.2) is 0 Å². The van der Waals surface area contributed by atoms with E-state index >= 15 is 0 Å². The van der Waals surface area contributed by atoms with Crippen molar-refractivity contribution >= 4 is 21.7 Å². The first-order chi connectivity index (χ1) is 7.82. The highest BCUT2D eigenvalue weighted by Gasteiger charge is 2.28. The van der Waals surface area contributed by atoms with E-state index in [1.54, 1.807) is 0 Å². The molecule has 17 heavy (non-hydrogen) atoms. The van der Waals surface area contributed by atoms with Crippen molar-refractivity contribution in [1.29, 1.82) is 0 Å². The fraction of sp³-hybridized carbons (Fsp3) is 0.800. The summed E-state index contributed by atoms with van der Waals surface area (Å²) < 4.78 is 22.7. The Bertz CT molecular complexity index is 403. The van der Waals surface area contributed by atoms with Gasteiger partial charge in [0.05, 0.1) is 0 Å². The molecule has 1 saturated heterocycles. The minimum Gasteiger partial charge on any atom is -0.480 e. The van der Waals surface area contributed by atoms with E-state index in [4.69, 9.17) is 5.11 Å². The molecule has 1 aliphatic heterocycles. The Labute approximate surface area is 101 Å². The van der Waals surface area contributed by atoms with Crippen LogP contribution in [0.25, 0.3) is 0 Å². The van der Waals surface area contributed by atoms with Gasteiger partial charge in [-0.2, -0.15) is 0 Å². The molecular formula is C10H17NO5S. The number of carbonyl (C=O) groups excluding carboxylic acids is 1. The molecule has 1 N–H and O–H groups in total. The maximum Gasteiger partial charge on any atom is 0.318 e. The molecule has 0 bridgehead atoms. The number of sulfone groups is 1. The topological polar surface area (TPSA) is 91.8 Å². The zero-order chi connectivity index (χ0) is 13.1. The number of aliphatic carboxylic acids is 1. The number of nitrogens with zero attached hydrogens (tertiary/aromatic N) is 1. The molecule has 0 aromatic carbocycles. The van der Waals surface area contributed by atoms with Crippen LogP contribution in [0.3, 0.4) is 0 Å². The molecule has 0 aromatic heterocycles. The average Bonchev–Trinajstić information content (AvgIpc) is 2.14. The molecule has 1 atom stereocenters. The van der Waals surface area contributed by atoms with Crippen molar-refractivity contribution in [3.63, 3.8) is 0 Å². The van der Waals surface area contributed by atoms with E-state index < -0.39 is 33.2 Å². The molecule has 1 amide bonds. The molecule has 1 aliphatic rings. The molecule has 0 radical (unpaired) electrons. The Hall–Kier alpha value is -1.11. The van der Waals surface area contributed by atoms with Crippen molar-refractivity contribution in [3.05, 3.63) is 0 Å². The third-order valence-electron chi connectivity index (χ3n) is 2.81. The minimum atomic E-state index is -3.84. The lowest BCUT2D eigenvalue weighted by Gasteiger charge is -2.33. The summed E-state index contributed by atoms with van der Waals surface area (Å²) in [7, 11) is -3.84. The molecule has 0 spiro atoms. The van der Waals surface area contributed by atoms with Crippen molar-refractivity contribution in [3.8, 4) is 0 Å². The van der Waals surface area contributed by atoms with E-state index in [2.05, 4.69) is 0 Å². The molecule has 1 unspecified atom stereocenters. The first-order valence-electron chi connectivity index (χ1n) is 5.53. The van der Waals surface area contributed by atoms with Gasteiger partial charge in [-0.1, -0.05) is 0 Å². The number of carboxylic acid groups (broad SMARTS) is 1. The first kappa shape index (κ1) is 14.0. The number of rotatable bonds is 4. The van der Waals surface area contributed by atoms with Gasteiger partial charge in [0.25, 0.3) is 0 Å². The van der Waals surface area contributed by atoms with Crippen LogP contribution in [-0.2, 0) is 19.4 Å². The standard InChI is InChI=1S/C10H17NO5S/c1-8-4-2-3-5-11(8)9(12)6-17(15,16)7-10(13)14/h8H,2-7H2,1H3,(H,13,14). The molecule has 7 heteroatoms. The van der Waals surface area contributed by atoms with Crippen LogP contribution in [-0.4, -0.2) is 54.4 Å². The molecule has 98 valence electrons. The van der Waals surface area contributed by atoms with Crippen LogP contribution in [0.1, 0.15) is 26.2 Å². The molecule has 0 saturated carbocycles. The number of carbonyl (C=O) groups is 2. The van der Waals surface area contributed by atoms with E-state index in [0.29, 0.717) is 6.54 Å². The molecule has 1 fully saturated rings. The van der Waals surface area contributed by atoms with Crippen molar-refractivity contribution in [2.24, 2.45) is 0 Å². The van der Waals surface area contributed by atoms with Crippen molar-refractivity contribution < 1.29 is 23.1 Å². The second-order valence-corrected chi connectivity index (χ2v) is 6.42. The van der Waals surface area contributed by atoms with E-state index in [0.717, 1.165) is 19.3 Å². The van der Waals surface area contributed by atoms with Gasteiger partial charge in [-0.05, 0) is 26.2 Å². The van der Waals surface area contributed by atoms with Gasteiger partial charge in [-0.15, -0.1) is 0 Å². The molecule has 0 aliphatic carbocycles. The summed E-state index contributed by atoms with van der Waals surface area (Å²) in [6.45, 7) is 2.43. The summed E-state index contributed by atoms with van der Waals surface area (Å²) in [6.07, 6.45) is 2.77. The molecular weight excluding hydrogens is 246 g/mol. The third-order valence-corrected chi connectivity index (χ3v) is 4.18. The molecule has 1 rings (SSSR count). The Morgan fingerprint density at radius 3 is 2.47 bits per heavy atom. The van der Waals surface area contributed by atoms with Gasteiger partial charge >= 0.3 is 5.97 Å². The van der Waals surface area contributed by atoms with E-state index in [9.17, 15) is 18.0 Å². The van der Waals surface area contributed by atoms with Crippen molar-refractivity contribution in [2.45, 2.75) is 32.2 Å². The summed E-state index contributed by atoms with van der Waals surface area (Å²) in [4.78, 5) is 23.6. The zero-order valence-corrected chi connectivity index (χ0v) is 10.6. The summed E-state index contributed by atoms with van der Waals surface area (Å²) in [5.41, 5.74) is 0. The van der Waals surface area contributed by atoms with Crippen LogP contribution in [0.2, 0.25) is 0 Å². The van der Waals surface area contributed by atoms with Crippen LogP contribution in [0.4, 0.5) is 0 Å². The molecule has 6 nitrogen and oxygen atoms in total. The number of carboxylic acids is 1. The number of hydrogen-bond acceptors (Lipinski definition) is 4. The first-order valence-corrected chi connectivity index (χ1v) is 7.35. The van der Waals surface area contributed by atoms with Gasteiger partial charge in [0.2, 0.25) is 5.91 Å². The third kappa shape index (κ3) is 4.33. The number of likely N-dealkylation sites (tertiary alicyclic amines) is 1. The Kier molecular flexibility index (Phi) is 4.50. The molecule has 1 heterocycles. The fourth-order valence-electron chi connectivity index (χ4n) is 1.98. The summed E-state index contributed by atoms with van der Waals surface area (Å²) in [5, 5.41) is 8.42. The van der Waals surface area contributed by atoms with Crippen LogP contribution in [0, 0.1) is 0 Å². The predicted octanol–water partition coefficient (Wildman–Crippen LogP) is -0.113.